The molecule has 1 aliphatic heterocycles. The van der Waals surface area contributed by atoms with Gasteiger partial charge in [0.15, 0.2) is 0 Å². The fourth-order valence-electron chi connectivity index (χ4n) is 2.70. The lowest BCUT2D eigenvalue weighted by atomic mass is 9.97. The Labute approximate surface area is 130 Å². The van der Waals surface area contributed by atoms with E-state index in [1.165, 1.54) is 0 Å². The van der Waals surface area contributed by atoms with Crippen molar-refractivity contribution < 1.29 is 14.3 Å². The van der Waals surface area contributed by atoms with Crippen LogP contribution in [0.15, 0.2) is 42.5 Å². The predicted molar refractivity (Wildman–Crippen MR) is 85.9 cm³/mol. The van der Waals surface area contributed by atoms with Crippen molar-refractivity contribution in [3.63, 3.8) is 0 Å². The van der Waals surface area contributed by atoms with Gasteiger partial charge in [-0.15, -0.1) is 0 Å². The molecule has 0 fully saturated rings. The lowest BCUT2D eigenvalue weighted by molar-refractivity contribution is 0.102. The van der Waals surface area contributed by atoms with Gasteiger partial charge in [-0.25, -0.2) is 0 Å². The van der Waals surface area contributed by atoms with Crippen LogP contribution < -0.4 is 14.8 Å². The fraction of sp³-hybridized carbons (Fsp3) is 0.278. The molecule has 1 aliphatic rings. The van der Waals surface area contributed by atoms with E-state index in [4.69, 9.17) is 9.47 Å². The topological polar surface area (TPSA) is 47.6 Å². The highest BCUT2D eigenvalue weighted by molar-refractivity contribution is 6.07. The molecule has 2 aromatic rings. The normalized spacial score (nSPS) is 19.2. The van der Waals surface area contributed by atoms with Crippen molar-refractivity contribution in [3.8, 4) is 11.5 Å². The minimum Gasteiger partial charge on any atom is -0.495 e. The predicted octanol–water partition coefficient (Wildman–Crippen LogP) is 3.83. The Morgan fingerprint density at radius 2 is 1.91 bits per heavy atom. The minimum atomic E-state index is -0.192. The zero-order chi connectivity index (χ0) is 15.7. The number of ether oxygens (including phenoxy) is 2. The Morgan fingerprint density at radius 1 is 1.14 bits per heavy atom. The molecule has 2 atom stereocenters. The summed E-state index contributed by atoms with van der Waals surface area (Å²) in [5, 5.41) is 2.89. The number of benzene rings is 2. The molecule has 4 heteroatoms. The maximum Gasteiger partial charge on any atom is 0.259 e. The van der Waals surface area contributed by atoms with Crippen LogP contribution in [0.4, 0.5) is 5.69 Å². The first-order valence-electron chi connectivity index (χ1n) is 7.35. The SMILES string of the molecule is COc1ccccc1NC(=O)c1cccc2c1OC(C)C2C. The third kappa shape index (κ3) is 2.41. The standard InChI is InChI=1S/C18H19NO3/c1-11-12(2)22-17-13(11)7-6-8-14(17)18(20)19-15-9-4-5-10-16(15)21-3/h4-12H,1-3H3,(H,19,20). The minimum absolute atomic E-state index is 0.0789. The van der Waals surface area contributed by atoms with Gasteiger partial charge in [0.2, 0.25) is 0 Å². The van der Waals surface area contributed by atoms with E-state index in [-0.39, 0.29) is 17.9 Å². The lowest BCUT2D eigenvalue weighted by Gasteiger charge is -2.12. The first-order valence-corrected chi connectivity index (χ1v) is 7.35. The van der Waals surface area contributed by atoms with Crippen LogP contribution in [0, 0.1) is 0 Å². The second kappa shape index (κ2) is 5.72. The van der Waals surface area contributed by atoms with E-state index in [0.717, 1.165) is 5.56 Å². The van der Waals surface area contributed by atoms with Crippen molar-refractivity contribution in [2.24, 2.45) is 0 Å². The highest BCUT2D eigenvalue weighted by Gasteiger charge is 2.31. The number of methoxy groups -OCH3 is 1. The summed E-state index contributed by atoms with van der Waals surface area (Å²) >= 11 is 0. The summed E-state index contributed by atoms with van der Waals surface area (Å²) < 4.78 is 11.1. The molecular weight excluding hydrogens is 278 g/mol. The van der Waals surface area contributed by atoms with E-state index < -0.39 is 0 Å². The van der Waals surface area contributed by atoms with Gasteiger partial charge in [-0.1, -0.05) is 31.2 Å². The number of amides is 1. The number of nitrogens with one attached hydrogen (secondary N) is 1. The van der Waals surface area contributed by atoms with Crippen LogP contribution >= 0.6 is 0 Å². The van der Waals surface area contributed by atoms with Gasteiger partial charge in [-0.3, -0.25) is 4.79 Å². The Morgan fingerprint density at radius 3 is 2.68 bits per heavy atom. The van der Waals surface area contributed by atoms with Gasteiger partial charge in [0.1, 0.15) is 17.6 Å². The Bertz CT molecular complexity index is 711. The second-order valence-corrected chi connectivity index (χ2v) is 5.49. The highest BCUT2D eigenvalue weighted by Crippen LogP contribution is 2.40. The molecule has 0 aromatic heterocycles. The molecule has 114 valence electrons. The van der Waals surface area contributed by atoms with Crippen molar-refractivity contribution in [3.05, 3.63) is 53.6 Å². The first kappa shape index (κ1) is 14.4. The molecule has 0 bridgehead atoms. The molecule has 1 heterocycles. The van der Waals surface area contributed by atoms with Crippen LogP contribution in [0.2, 0.25) is 0 Å². The molecule has 2 unspecified atom stereocenters. The average molecular weight is 297 g/mol. The smallest absolute Gasteiger partial charge is 0.259 e. The van der Waals surface area contributed by atoms with Crippen LogP contribution in [0.3, 0.4) is 0 Å². The van der Waals surface area contributed by atoms with Gasteiger partial charge in [-0.2, -0.15) is 0 Å². The number of hydrogen-bond donors (Lipinski definition) is 1. The van der Waals surface area contributed by atoms with Gasteiger partial charge >= 0.3 is 0 Å². The molecule has 1 N–H and O–H groups in total. The maximum absolute atomic E-state index is 12.6. The fourth-order valence-corrected chi connectivity index (χ4v) is 2.70. The van der Waals surface area contributed by atoms with E-state index in [9.17, 15) is 4.79 Å². The summed E-state index contributed by atoms with van der Waals surface area (Å²) in [4.78, 5) is 12.6. The number of rotatable bonds is 3. The summed E-state index contributed by atoms with van der Waals surface area (Å²) in [6.45, 7) is 4.13. The maximum atomic E-state index is 12.6. The van der Waals surface area contributed by atoms with Crippen molar-refractivity contribution in [1.29, 1.82) is 0 Å². The van der Waals surface area contributed by atoms with Crippen LogP contribution in [-0.4, -0.2) is 19.1 Å². The molecule has 0 aliphatic carbocycles. The molecule has 22 heavy (non-hydrogen) atoms. The molecule has 0 saturated carbocycles. The van der Waals surface area contributed by atoms with Gasteiger partial charge < -0.3 is 14.8 Å². The van der Waals surface area contributed by atoms with E-state index in [1.54, 1.807) is 13.2 Å². The van der Waals surface area contributed by atoms with Crippen LogP contribution in [0.25, 0.3) is 0 Å². The number of para-hydroxylation sites is 3. The van der Waals surface area contributed by atoms with Crippen LogP contribution in [0.5, 0.6) is 11.5 Å². The summed E-state index contributed by atoms with van der Waals surface area (Å²) in [7, 11) is 1.58. The quantitative estimate of drug-likeness (QED) is 0.936. The molecular formula is C18H19NO3. The highest BCUT2D eigenvalue weighted by atomic mass is 16.5. The van der Waals surface area contributed by atoms with Gasteiger partial charge in [0.25, 0.3) is 5.91 Å². The van der Waals surface area contributed by atoms with E-state index in [1.807, 2.05) is 43.3 Å². The Balaban J connectivity index is 1.91. The van der Waals surface area contributed by atoms with Gasteiger partial charge in [0, 0.05) is 11.5 Å². The van der Waals surface area contributed by atoms with Crippen LogP contribution in [0.1, 0.15) is 35.7 Å². The Hall–Kier alpha value is -2.49. The second-order valence-electron chi connectivity index (χ2n) is 5.49. The molecule has 4 nitrogen and oxygen atoms in total. The van der Waals surface area contributed by atoms with Crippen LogP contribution in [-0.2, 0) is 0 Å². The zero-order valence-corrected chi connectivity index (χ0v) is 12.9. The number of carbonyl (C=O) groups is 1. The molecule has 3 rings (SSSR count). The summed E-state index contributed by atoms with van der Waals surface area (Å²) in [5.74, 6) is 1.41. The third-order valence-corrected chi connectivity index (χ3v) is 4.14. The van der Waals surface area contributed by atoms with Gasteiger partial charge in [-0.05, 0) is 25.1 Å². The molecule has 0 saturated heterocycles. The van der Waals surface area contributed by atoms with Crippen molar-refractivity contribution in [2.45, 2.75) is 25.9 Å². The largest absolute Gasteiger partial charge is 0.495 e. The molecule has 0 radical (unpaired) electrons. The summed E-state index contributed by atoms with van der Waals surface area (Å²) in [6, 6.07) is 13.0. The van der Waals surface area contributed by atoms with E-state index in [2.05, 4.69) is 12.2 Å². The number of fused-ring (bicyclic) bond motifs is 1. The van der Waals surface area contributed by atoms with Crippen molar-refractivity contribution in [2.75, 3.05) is 12.4 Å². The monoisotopic (exact) mass is 297 g/mol. The summed E-state index contributed by atoms with van der Waals surface area (Å²) in [5.41, 5.74) is 2.28. The average Bonchev–Trinajstić information content (AvgIpc) is 2.83. The van der Waals surface area contributed by atoms with E-state index in [0.29, 0.717) is 22.7 Å². The third-order valence-electron chi connectivity index (χ3n) is 4.14. The molecule has 2 aromatic carbocycles. The zero-order valence-electron chi connectivity index (χ0n) is 12.9. The first-order chi connectivity index (χ1) is 10.6. The number of anilines is 1. The van der Waals surface area contributed by atoms with E-state index >= 15 is 0 Å². The van der Waals surface area contributed by atoms with Crippen molar-refractivity contribution >= 4 is 11.6 Å². The number of hydrogen-bond acceptors (Lipinski definition) is 3. The van der Waals surface area contributed by atoms with Crippen molar-refractivity contribution in [1.82, 2.24) is 0 Å². The summed E-state index contributed by atoms with van der Waals surface area (Å²) in [6.07, 6.45) is 0.0789. The van der Waals surface area contributed by atoms with Gasteiger partial charge in [0.05, 0.1) is 18.4 Å². The number of carbonyl (C=O) groups excluding carboxylic acids is 1. The molecule has 0 spiro atoms. The lowest BCUT2D eigenvalue weighted by Crippen LogP contribution is -2.14. The Kier molecular flexibility index (Phi) is 3.75. The molecule has 1 amide bonds.